The van der Waals surface area contributed by atoms with Crippen molar-refractivity contribution in [3.8, 4) is 0 Å². The summed E-state index contributed by atoms with van der Waals surface area (Å²) < 4.78 is 11.7. The molecule has 174 valence electrons. The van der Waals surface area contributed by atoms with Crippen LogP contribution in [0.15, 0.2) is 36.7 Å². The Labute approximate surface area is 193 Å². The average molecular weight is 451 g/mol. The van der Waals surface area contributed by atoms with Crippen LogP contribution in [0, 0.1) is 12.8 Å². The number of imidazole rings is 1. The number of aryl methyl sites for hydroxylation is 1. The van der Waals surface area contributed by atoms with Crippen LogP contribution in [0.1, 0.15) is 41.1 Å². The number of aromatic nitrogens is 3. The number of rotatable bonds is 4. The first-order valence-electron chi connectivity index (χ1n) is 11.8. The van der Waals surface area contributed by atoms with Crippen molar-refractivity contribution in [1.29, 1.82) is 0 Å². The number of hydrogen-bond acceptors (Lipinski definition) is 4. The second-order valence-corrected chi connectivity index (χ2v) is 9.35. The molecule has 1 fully saturated rings. The molecular formula is C25H32N5O3+. The van der Waals surface area contributed by atoms with E-state index in [2.05, 4.69) is 15.2 Å². The summed E-state index contributed by atoms with van der Waals surface area (Å²) in [5.41, 5.74) is 9.11. The number of amides is 1. The number of benzene rings is 1. The summed E-state index contributed by atoms with van der Waals surface area (Å²) in [4.78, 5) is 27.6. The summed E-state index contributed by atoms with van der Waals surface area (Å²) in [5.74, 6) is 1.11. The number of para-hydroxylation sites is 1. The van der Waals surface area contributed by atoms with Gasteiger partial charge in [-0.3, -0.25) is 4.79 Å². The molecule has 8 heteroatoms. The lowest BCUT2D eigenvalue weighted by atomic mass is 9.85. The number of nitrogens with two attached hydrogens (primary N) is 1. The third-order valence-corrected chi connectivity index (χ3v) is 7.29. The molecular weight excluding hydrogens is 418 g/mol. The van der Waals surface area contributed by atoms with E-state index in [0.717, 1.165) is 53.7 Å². The van der Waals surface area contributed by atoms with Crippen molar-refractivity contribution >= 4 is 22.8 Å². The number of hydrogen-bond donors (Lipinski definition) is 1. The van der Waals surface area contributed by atoms with Gasteiger partial charge in [0.15, 0.2) is 5.78 Å². The van der Waals surface area contributed by atoms with E-state index in [0.29, 0.717) is 19.6 Å². The van der Waals surface area contributed by atoms with Gasteiger partial charge in [0.2, 0.25) is 6.73 Å². The van der Waals surface area contributed by atoms with Crippen LogP contribution in [0.2, 0.25) is 0 Å². The van der Waals surface area contributed by atoms with Gasteiger partial charge in [0.05, 0.1) is 5.92 Å². The number of ketones is 1. The Morgan fingerprint density at radius 2 is 2.09 bits per heavy atom. The van der Waals surface area contributed by atoms with Gasteiger partial charge >= 0.3 is 6.09 Å². The van der Waals surface area contributed by atoms with Gasteiger partial charge in [0.25, 0.3) is 5.82 Å². The topological polar surface area (TPSA) is 86.4 Å². The lowest BCUT2D eigenvalue weighted by Gasteiger charge is -2.29. The van der Waals surface area contributed by atoms with E-state index in [4.69, 9.17) is 10.5 Å². The second kappa shape index (κ2) is 8.67. The fourth-order valence-electron chi connectivity index (χ4n) is 5.33. The summed E-state index contributed by atoms with van der Waals surface area (Å²) in [6.07, 6.45) is 7.13. The molecule has 0 spiro atoms. The number of fused-ring (bicyclic) bond motifs is 3. The molecule has 3 aromatic rings. The number of piperidine rings is 1. The van der Waals surface area contributed by atoms with E-state index in [1.165, 1.54) is 0 Å². The number of carbonyl (C=O) groups is 2. The molecule has 1 aliphatic carbocycles. The van der Waals surface area contributed by atoms with Crippen LogP contribution in [0.5, 0.6) is 0 Å². The minimum absolute atomic E-state index is 0.0250. The zero-order valence-corrected chi connectivity index (χ0v) is 19.4. The summed E-state index contributed by atoms with van der Waals surface area (Å²) in [6.45, 7) is 3.99. The predicted octanol–water partition coefficient (Wildman–Crippen LogP) is 2.54. The Bertz CT molecular complexity index is 1210. The van der Waals surface area contributed by atoms with E-state index in [1.54, 1.807) is 4.90 Å². The Balaban J connectivity index is 1.27. The normalized spacial score (nSPS) is 20.8. The first kappa shape index (κ1) is 21.7. The molecule has 0 saturated carbocycles. The monoisotopic (exact) mass is 450 g/mol. The number of ether oxygens (including phenoxy) is 1. The number of likely N-dealkylation sites (tertiary alicyclic amines) is 1. The quantitative estimate of drug-likeness (QED) is 0.619. The number of carbonyl (C=O) groups excluding carboxylic acids is 2. The van der Waals surface area contributed by atoms with Crippen molar-refractivity contribution in [2.45, 2.75) is 51.9 Å². The molecule has 8 nitrogen and oxygen atoms in total. The lowest BCUT2D eigenvalue weighted by Crippen LogP contribution is -2.47. The smallest absolute Gasteiger partial charge is 0.408 e. The first-order valence-corrected chi connectivity index (χ1v) is 11.8. The molecule has 1 aliphatic heterocycles. The van der Waals surface area contributed by atoms with E-state index in [-0.39, 0.29) is 30.6 Å². The van der Waals surface area contributed by atoms with Crippen molar-refractivity contribution in [2.75, 3.05) is 13.1 Å². The Morgan fingerprint density at radius 3 is 2.91 bits per heavy atom. The largest absolute Gasteiger partial charge is 0.413 e. The summed E-state index contributed by atoms with van der Waals surface area (Å²) in [6, 6.07) is 8.17. The molecule has 1 amide bonds. The maximum Gasteiger partial charge on any atom is 0.413 e. The van der Waals surface area contributed by atoms with Crippen LogP contribution in [0.3, 0.4) is 0 Å². The highest BCUT2D eigenvalue weighted by molar-refractivity contribution is 6.11. The van der Waals surface area contributed by atoms with Gasteiger partial charge in [-0.15, -0.1) is 0 Å². The van der Waals surface area contributed by atoms with Crippen LogP contribution in [0.25, 0.3) is 10.9 Å². The minimum Gasteiger partial charge on any atom is -0.408 e. The third kappa shape index (κ3) is 3.93. The fraction of sp³-hybridized carbons (Fsp3) is 0.480. The molecule has 2 aromatic heterocycles. The highest BCUT2D eigenvalue weighted by Crippen LogP contribution is 2.34. The average Bonchev–Trinajstić information content (AvgIpc) is 3.31. The minimum atomic E-state index is -0.323. The molecule has 2 aliphatic rings. The van der Waals surface area contributed by atoms with E-state index in [9.17, 15) is 9.59 Å². The molecule has 0 radical (unpaired) electrons. The standard InChI is InChI=1S/C25H32N5O3/c1-17-28(12-13-30(17)16-33-25(32)29-11-5-6-19(26)15-29)14-18-9-10-22-23(24(18)31)20-7-3-4-8-21(20)27(22)2/h3-4,7-8,12-13,18-19H,5-6,9-11,14-16,26H2,1-2H3/q+1/t18?,19-/m0/s1. The van der Waals surface area contributed by atoms with Gasteiger partial charge in [-0.05, 0) is 31.7 Å². The fourth-order valence-corrected chi connectivity index (χ4v) is 5.33. The maximum absolute atomic E-state index is 13.5. The Kier molecular flexibility index (Phi) is 5.70. The van der Waals surface area contributed by atoms with Gasteiger partial charge in [-0.25, -0.2) is 9.36 Å². The molecule has 1 aromatic carbocycles. The summed E-state index contributed by atoms with van der Waals surface area (Å²) in [7, 11) is 2.05. The van der Waals surface area contributed by atoms with Crippen LogP contribution in [-0.4, -0.2) is 45.0 Å². The molecule has 33 heavy (non-hydrogen) atoms. The highest BCUT2D eigenvalue weighted by Gasteiger charge is 2.34. The Hall–Kier alpha value is -3.13. The Morgan fingerprint density at radius 1 is 1.27 bits per heavy atom. The SMILES string of the molecule is Cc1n(CC2CCc3c(c4ccccc4n3C)C2=O)cc[n+]1COC(=O)N1CCC[C@H](N)C1. The zero-order chi connectivity index (χ0) is 23.1. The van der Waals surface area contributed by atoms with E-state index >= 15 is 0 Å². The van der Waals surface area contributed by atoms with Gasteiger partial charge in [-0.2, -0.15) is 4.57 Å². The maximum atomic E-state index is 13.5. The lowest BCUT2D eigenvalue weighted by molar-refractivity contribution is -0.732. The van der Waals surface area contributed by atoms with Gasteiger partial charge < -0.3 is 19.9 Å². The van der Waals surface area contributed by atoms with Crippen molar-refractivity contribution < 1.29 is 18.9 Å². The van der Waals surface area contributed by atoms with E-state index < -0.39 is 0 Å². The second-order valence-electron chi connectivity index (χ2n) is 9.35. The van der Waals surface area contributed by atoms with Crippen molar-refractivity contribution in [3.05, 3.63) is 53.7 Å². The summed E-state index contributed by atoms with van der Waals surface area (Å²) in [5, 5.41) is 1.05. The van der Waals surface area contributed by atoms with Gasteiger partial charge in [0.1, 0.15) is 18.9 Å². The van der Waals surface area contributed by atoms with Crippen LogP contribution < -0.4 is 10.3 Å². The molecule has 2 N–H and O–H groups in total. The number of Topliss-reactive ketones (excluding diaryl/α,β-unsaturated/α-hetero) is 1. The van der Waals surface area contributed by atoms with Crippen LogP contribution in [-0.2, 0) is 31.5 Å². The molecule has 2 atom stereocenters. The molecule has 5 rings (SSSR count). The van der Waals surface area contributed by atoms with Crippen molar-refractivity contribution in [1.82, 2.24) is 14.0 Å². The van der Waals surface area contributed by atoms with Crippen LogP contribution in [0.4, 0.5) is 4.79 Å². The van der Waals surface area contributed by atoms with Gasteiger partial charge in [-0.1, -0.05) is 18.2 Å². The van der Waals surface area contributed by atoms with Gasteiger partial charge in [0, 0.05) is 55.3 Å². The summed E-state index contributed by atoms with van der Waals surface area (Å²) >= 11 is 0. The molecule has 0 bridgehead atoms. The molecule has 1 unspecified atom stereocenters. The zero-order valence-electron chi connectivity index (χ0n) is 19.4. The third-order valence-electron chi connectivity index (χ3n) is 7.29. The van der Waals surface area contributed by atoms with Crippen molar-refractivity contribution in [3.63, 3.8) is 0 Å². The molecule has 3 heterocycles. The van der Waals surface area contributed by atoms with Crippen molar-refractivity contribution in [2.24, 2.45) is 18.7 Å². The molecule has 1 saturated heterocycles. The van der Waals surface area contributed by atoms with Crippen LogP contribution >= 0.6 is 0 Å². The first-order chi connectivity index (χ1) is 15.9. The number of nitrogens with zero attached hydrogens (tertiary/aromatic N) is 4. The highest BCUT2D eigenvalue weighted by atomic mass is 16.6. The van der Waals surface area contributed by atoms with E-state index in [1.807, 2.05) is 49.1 Å². The predicted molar refractivity (Wildman–Crippen MR) is 124 cm³/mol.